The molecule has 0 bridgehead atoms. The van der Waals surface area contributed by atoms with E-state index in [1.165, 1.54) is 128 Å². The number of nitrogens with two attached hydrogens (primary N) is 1. The van der Waals surface area contributed by atoms with Crippen molar-refractivity contribution in [1.82, 2.24) is 10.2 Å². The fourth-order valence-corrected chi connectivity index (χ4v) is 13.6. The highest BCUT2D eigenvalue weighted by Crippen LogP contribution is 2.68. The van der Waals surface area contributed by atoms with E-state index >= 15 is 0 Å². The Labute approximate surface area is 416 Å². The van der Waals surface area contributed by atoms with Crippen molar-refractivity contribution in [3.05, 3.63) is 36.0 Å². The van der Waals surface area contributed by atoms with Gasteiger partial charge in [0.05, 0.1) is 25.7 Å². The number of esters is 1. The summed E-state index contributed by atoms with van der Waals surface area (Å²) in [6.45, 7) is 19.5. The Morgan fingerprint density at radius 3 is 2.29 bits per heavy atom. The first-order valence-electron chi connectivity index (χ1n) is 28.7. The topological polar surface area (TPSA) is 112 Å². The monoisotopic (exact) mass is 950 g/mol. The van der Waals surface area contributed by atoms with Crippen molar-refractivity contribution in [2.75, 3.05) is 52.6 Å². The van der Waals surface area contributed by atoms with Crippen LogP contribution >= 0.6 is 0 Å². The van der Waals surface area contributed by atoms with Crippen molar-refractivity contribution in [1.29, 1.82) is 0 Å². The summed E-state index contributed by atoms with van der Waals surface area (Å²) in [6, 6.07) is 0. The Kier molecular flexibility index (Phi) is 25.0. The summed E-state index contributed by atoms with van der Waals surface area (Å²) in [5.41, 5.74) is 9.32. The van der Waals surface area contributed by atoms with Crippen molar-refractivity contribution in [2.24, 2.45) is 46.2 Å². The number of rotatable bonds is 32. The first kappa shape index (κ1) is 56.7. The molecule has 1 aliphatic heterocycles. The number of allylic oxidation sites excluding steroid dienone is 5. The van der Waals surface area contributed by atoms with Gasteiger partial charge >= 0.3 is 12.1 Å². The zero-order chi connectivity index (χ0) is 48.7. The predicted molar refractivity (Wildman–Crippen MR) is 281 cm³/mol. The third kappa shape index (κ3) is 17.2. The first-order valence-corrected chi connectivity index (χ1v) is 28.7. The number of carbonyl (C=O) groups is 2. The molecule has 3 saturated carbocycles. The van der Waals surface area contributed by atoms with Crippen molar-refractivity contribution in [2.45, 2.75) is 233 Å². The normalized spacial score (nSPS) is 29.4. The first-order chi connectivity index (χ1) is 32.9. The fourth-order valence-electron chi connectivity index (χ4n) is 13.6. The summed E-state index contributed by atoms with van der Waals surface area (Å²) in [6.07, 6.45) is 42.5. The molecule has 4 aliphatic carbocycles. The number of hydrogen-bond acceptors (Lipinski definition) is 8. The van der Waals surface area contributed by atoms with Gasteiger partial charge in [0.1, 0.15) is 12.7 Å². The van der Waals surface area contributed by atoms with Crippen LogP contribution in [-0.4, -0.2) is 87.3 Å². The van der Waals surface area contributed by atoms with Crippen LogP contribution in [0.3, 0.4) is 0 Å². The summed E-state index contributed by atoms with van der Waals surface area (Å²) < 4.78 is 23.9. The van der Waals surface area contributed by atoms with Crippen LogP contribution in [0.2, 0.25) is 0 Å². The lowest BCUT2D eigenvalue weighted by Gasteiger charge is -2.60. The number of carbonyl (C=O) groups excluding carboxylic acids is 2. The van der Waals surface area contributed by atoms with Gasteiger partial charge in [0.25, 0.3) is 0 Å². The van der Waals surface area contributed by atoms with Gasteiger partial charge in [0.15, 0.2) is 0 Å². The van der Waals surface area contributed by atoms with Gasteiger partial charge in [-0.05, 0) is 156 Å². The van der Waals surface area contributed by atoms with Crippen molar-refractivity contribution in [3.8, 4) is 0 Å². The highest BCUT2D eigenvalue weighted by molar-refractivity contribution is 5.71. The number of likely N-dealkylation sites (tertiary alicyclic amines) is 1. The highest BCUT2D eigenvalue weighted by atomic mass is 16.6. The van der Waals surface area contributed by atoms with Crippen LogP contribution in [0.5, 0.6) is 0 Å². The number of unbranched alkanes of at least 4 members (excludes halogenated alkanes) is 9. The third-order valence-electron chi connectivity index (χ3n) is 18.0. The molecule has 5 rings (SSSR count). The van der Waals surface area contributed by atoms with E-state index in [0.29, 0.717) is 36.9 Å². The molecule has 5 aliphatic rings. The van der Waals surface area contributed by atoms with Gasteiger partial charge in [0.2, 0.25) is 0 Å². The van der Waals surface area contributed by atoms with E-state index in [4.69, 9.17) is 24.7 Å². The molecule has 9 unspecified atom stereocenters. The second-order valence-electron chi connectivity index (χ2n) is 23.2. The van der Waals surface area contributed by atoms with Gasteiger partial charge in [-0.1, -0.05) is 135 Å². The van der Waals surface area contributed by atoms with Crippen LogP contribution in [0.1, 0.15) is 215 Å². The third-order valence-corrected chi connectivity index (χ3v) is 18.0. The zero-order valence-corrected chi connectivity index (χ0v) is 44.7. The van der Waals surface area contributed by atoms with Crippen LogP contribution in [0.25, 0.3) is 0 Å². The van der Waals surface area contributed by atoms with Gasteiger partial charge < -0.3 is 34.9 Å². The van der Waals surface area contributed by atoms with Crippen LogP contribution in [0.15, 0.2) is 36.0 Å². The number of alkyl carbamates (subject to hydrolysis) is 1. The average molecular weight is 950 g/mol. The van der Waals surface area contributed by atoms with Crippen molar-refractivity contribution >= 4 is 12.1 Å². The lowest BCUT2D eigenvalue weighted by Crippen LogP contribution is -2.61. The molecule has 0 aromatic rings. The molecule has 0 radical (unpaired) electrons. The summed E-state index contributed by atoms with van der Waals surface area (Å²) in [5, 5.41) is 2.82. The molecular formula is C59H103N3O6. The van der Waals surface area contributed by atoms with E-state index in [0.717, 1.165) is 77.1 Å². The van der Waals surface area contributed by atoms with Gasteiger partial charge in [-0.3, -0.25) is 4.79 Å². The largest absolute Gasteiger partial charge is 0.463 e. The number of ether oxygens (including phenoxy) is 4. The summed E-state index contributed by atoms with van der Waals surface area (Å²) in [5.74, 6) is 3.03. The van der Waals surface area contributed by atoms with E-state index in [1.807, 2.05) is 0 Å². The molecule has 68 heavy (non-hydrogen) atoms. The van der Waals surface area contributed by atoms with Crippen molar-refractivity contribution in [3.63, 3.8) is 0 Å². The molecule has 0 aromatic carbocycles. The summed E-state index contributed by atoms with van der Waals surface area (Å²) >= 11 is 0. The van der Waals surface area contributed by atoms with Crippen LogP contribution in [0, 0.1) is 40.4 Å². The van der Waals surface area contributed by atoms with Gasteiger partial charge in [-0.2, -0.15) is 0 Å². The number of nitrogens with zero attached hydrogens (tertiary/aromatic N) is 1. The van der Waals surface area contributed by atoms with Crippen LogP contribution in [-0.2, 0) is 23.7 Å². The maximum absolute atomic E-state index is 12.9. The summed E-state index contributed by atoms with van der Waals surface area (Å²) in [4.78, 5) is 28.1. The van der Waals surface area contributed by atoms with E-state index in [-0.39, 0.29) is 54.1 Å². The number of hydrogen-bond donors (Lipinski definition) is 2. The lowest BCUT2D eigenvalue weighted by molar-refractivity contribution is -0.146. The van der Waals surface area contributed by atoms with Gasteiger partial charge in [-0.25, -0.2) is 4.79 Å². The molecule has 1 heterocycles. The lowest BCUT2D eigenvalue weighted by atomic mass is 9.46. The Morgan fingerprint density at radius 1 is 0.824 bits per heavy atom. The molecule has 0 spiro atoms. The van der Waals surface area contributed by atoms with E-state index < -0.39 is 6.09 Å². The predicted octanol–water partition coefficient (Wildman–Crippen LogP) is 13.8. The summed E-state index contributed by atoms with van der Waals surface area (Å²) in [7, 11) is 0. The maximum Gasteiger partial charge on any atom is 0.407 e. The number of nitrogens with one attached hydrogen (secondary N) is 1. The smallest absolute Gasteiger partial charge is 0.407 e. The fraction of sp³-hybridized carbons (Fsp3) is 0.864. The minimum atomic E-state index is -0.443. The molecule has 9 heteroatoms. The number of fused-ring (bicyclic) bond motifs is 5. The second-order valence-corrected chi connectivity index (χ2v) is 23.2. The molecule has 1 saturated heterocycles. The molecule has 9 nitrogen and oxygen atoms in total. The average Bonchev–Trinajstić information content (AvgIpc) is 3.60. The Bertz CT molecular complexity index is 1540. The molecule has 9 atom stereocenters. The van der Waals surface area contributed by atoms with Gasteiger partial charge in [0, 0.05) is 31.7 Å². The van der Waals surface area contributed by atoms with Crippen LogP contribution in [0.4, 0.5) is 4.79 Å². The van der Waals surface area contributed by atoms with Crippen molar-refractivity contribution < 1.29 is 28.5 Å². The second kappa shape index (κ2) is 30.0. The minimum Gasteiger partial charge on any atom is -0.463 e. The Balaban J connectivity index is 0.920. The molecule has 3 N–H and O–H groups in total. The van der Waals surface area contributed by atoms with E-state index in [2.05, 4.69) is 82.1 Å². The molecule has 0 aromatic heterocycles. The SMILES string of the molecule is CCCCCC=CCC=CCCCCCCCCOCC(CN1CCCCC1)OCCOC(=O)CCNC(=O)OC1CCC2(C)C(=CCC3C2CCC2(C)C3CCC2(N)C(C)CCCC(C)C)C1. The van der Waals surface area contributed by atoms with E-state index in [1.54, 1.807) is 0 Å². The highest BCUT2D eigenvalue weighted by Gasteiger charge is 2.64. The maximum atomic E-state index is 12.9. The number of piperidine rings is 1. The van der Waals surface area contributed by atoms with Crippen LogP contribution < -0.4 is 11.1 Å². The Morgan fingerprint density at radius 2 is 1.54 bits per heavy atom. The molecule has 390 valence electrons. The van der Waals surface area contributed by atoms with E-state index in [9.17, 15) is 9.59 Å². The standard InChI is InChI=1S/C59H103N3O6/c1-7-8-9-10-11-12-13-14-15-16-17-18-19-20-21-25-41-65-46-51(45-62-39-23-22-24-40-62)66-42-43-67-55(63)34-38-61-56(64)68-50-31-35-57(5)49(44-50)29-30-52-53(57)32-36-58(6)54(52)33-37-59(58,60)48(4)28-26-27-47(2)3/h11-12,14-15,29,47-48,50-54H,7-10,13,16-28,30-46,60H2,1-6H3,(H,61,64). The molecular weight excluding hydrogens is 847 g/mol. The quantitative estimate of drug-likeness (QED) is 0.0390. The molecule has 4 fully saturated rings. The minimum absolute atomic E-state index is 0.0495. The molecule has 1 amide bonds. The van der Waals surface area contributed by atoms with Gasteiger partial charge in [-0.15, -0.1) is 0 Å². The zero-order valence-electron chi connectivity index (χ0n) is 44.7. The number of amides is 1. The Hall–Kier alpha value is -2.20.